The molecule has 7 N–H and O–H groups in total. The molecule has 2 saturated carbocycles. The molecule has 0 saturated heterocycles. The van der Waals surface area contributed by atoms with Gasteiger partial charge in [0.1, 0.15) is 29.5 Å². The predicted molar refractivity (Wildman–Crippen MR) is 263 cm³/mol. The summed E-state index contributed by atoms with van der Waals surface area (Å²) in [6, 6.07) is 11.6. The SMILES string of the molecule is CCC1CC2C=CC1CC(O)CC1CC#CC3CCC4(CCCC(Oc5cc(ccc5O)C5Oc6cc(OC)c7c(c6CC5O)C2Cc2cc(O)c(CC(C)C)cc2-7)C4CCNC(N)=NC1)C3. The number of ether oxygens (including phenoxy) is 3. The van der Waals surface area contributed by atoms with Gasteiger partial charge in [0.2, 0.25) is 0 Å². The van der Waals surface area contributed by atoms with Crippen molar-refractivity contribution < 1.29 is 34.6 Å². The molecule has 10 heterocycles. The number of allylic oxidation sites excluding steroid dienone is 2. The van der Waals surface area contributed by atoms with E-state index in [4.69, 9.17) is 24.9 Å². The standard InChI is InChI=1S/C57H73N3O7/c1-5-35-22-37-12-11-36(35)23-41(61)21-34-9-6-8-33-15-18-57(30-33)17-7-10-49(45(57)16-19-59-56(58)60-31-34)66-51-27-38(13-14-46(51)62)55-48(64)28-44-50(67-55)29-52(65-4)54-43-25-40(20-32(2)3)47(63)26-39(43)24-42(37)53(44)54/h11-14,25-27,29,32-37,41-42,45,48-49,55,61-64H,5,7,9-10,15-24,28,30-31H2,1-4H3,(H3,58,59,60). The average molecular weight is 912 g/mol. The second-order valence-corrected chi connectivity index (χ2v) is 22.0. The third-order valence-electron chi connectivity index (χ3n) is 17.2. The monoisotopic (exact) mass is 912 g/mol. The Balaban J connectivity index is 1.10. The Morgan fingerprint density at radius 3 is 2.63 bits per heavy atom. The maximum atomic E-state index is 12.3. The van der Waals surface area contributed by atoms with Crippen LogP contribution < -0.4 is 25.3 Å². The molecule has 12 unspecified atom stereocenters. The summed E-state index contributed by atoms with van der Waals surface area (Å²) in [5.74, 6) is 11.7. The van der Waals surface area contributed by atoms with E-state index in [0.29, 0.717) is 85.5 Å². The molecule has 10 nitrogen and oxygen atoms in total. The Hall–Kier alpha value is -4.85. The third kappa shape index (κ3) is 9.00. The van der Waals surface area contributed by atoms with Gasteiger partial charge in [0, 0.05) is 55.0 Å². The lowest BCUT2D eigenvalue weighted by Crippen LogP contribution is -2.45. The van der Waals surface area contributed by atoms with Crippen LogP contribution in [0.25, 0.3) is 11.1 Å². The van der Waals surface area contributed by atoms with E-state index in [1.807, 2.05) is 24.3 Å². The van der Waals surface area contributed by atoms with Crippen molar-refractivity contribution in [3.8, 4) is 51.7 Å². The van der Waals surface area contributed by atoms with Crippen molar-refractivity contribution in [3.05, 3.63) is 76.4 Å². The van der Waals surface area contributed by atoms with Crippen molar-refractivity contribution in [1.29, 1.82) is 0 Å². The first kappa shape index (κ1) is 45.9. The highest BCUT2D eigenvalue weighted by Gasteiger charge is 2.50. The Morgan fingerprint density at radius 1 is 0.955 bits per heavy atom. The Kier molecular flexibility index (Phi) is 13.0. The summed E-state index contributed by atoms with van der Waals surface area (Å²) in [6.45, 7) is 7.78. The number of hydrogen-bond acceptors (Lipinski definition) is 10. The zero-order chi connectivity index (χ0) is 46.6. The number of rotatable bonds is 4. The van der Waals surface area contributed by atoms with Gasteiger partial charge in [0.25, 0.3) is 0 Å². The van der Waals surface area contributed by atoms with E-state index in [0.717, 1.165) is 110 Å². The highest BCUT2D eigenvalue weighted by atomic mass is 16.5. The maximum Gasteiger partial charge on any atom is 0.188 e. The van der Waals surface area contributed by atoms with Gasteiger partial charge in [-0.2, -0.15) is 0 Å². The molecule has 358 valence electrons. The minimum atomic E-state index is -0.877. The molecule has 0 amide bonds. The maximum absolute atomic E-state index is 12.3. The van der Waals surface area contributed by atoms with E-state index in [1.165, 1.54) is 0 Å². The number of aliphatic hydroxyl groups is 2. The molecule has 1 spiro atoms. The van der Waals surface area contributed by atoms with Gasteiger partial charge < -0.3 is 45.7 Å². The fraction of sp³-hybridized carbons (Fsp3) is 0.596. The van der Waals surface area contributed by atoms with Gasteiger partial charge in [-0.05, 0) is 170 Å². The molecule has 0 aromatic heterocycles. The summed E-state index contributed by atoms with van der Waals surface area (Å²) in [5.41, 5.74) is 13.6. The van der Waals surface area contributed by atoms with Crippen LogP contribution in [-0.4, -0.2) is 64.9 Å². The van der Waals surface area contributed by atoms with Crippen LogP contribution >= 0.6 is 0 Å². The molecule has 67 heavy (non-hydrogen) atoms. The zero-order valence-electron chi connectivity index (χ0n) is 40.1. The summed E-state index contributed by atoms with van der Waals surface area (Å²) >= 11 is 0. The number of aliphatic imine (C=N–C) groups is 1. The number of hydrogen-bond donors (Lipinski definition) is 6. The topological polar surface area (TPSA) is 159 Å². The van der Waals surface area contributed by atoms with Gasteiger partial charge in [-0.3, -0.25) is 4.99 Å². The average Bonchev–Trinajstić information content (AvgIpc) is 3.71. The number of phenolic OH excluding ortho intramolecular Hbond substituents is 2. The van der Waals surface area contributed by atoms with E-state index in [2.05, 4.69) is 56.1 Å². The van der Waals surface area contributed by atoms with Gasteiger partial charge in [0.05, 0.1) is 19.3 Å². The quantitative estimate of drug-likeness (QED) is 0.111. The largest absolute Gasteiger partial charge is 0.508 e. The van der Waals surface area contributed by atoms with E-state index in [9.17, 15) is 20.4 Å². The lowest BCUT2D eigenvalue weighted by molar-refractivity contribution is -0.0166. The summed E-state index contributed by atoms with van der Waals surface area (Å²) in [4.78, 5) is 4.83. The fourth-order valence-corrected chi connectivity index (χ4v) is 14.0. The smallest absolute Gasteiger partial charge is 0.188 e. The molecule has 3 aromatic rings. The number of nitrogens with one attached hydrogen (secondary N) is 1. The second-order valence-electron chi connectivity index (χ2n) is 22.0. The predicted octanol–water partition coefficient (Wildman–Crippen LogP) is 9.67. The lowest BCUT2D eigenvalue weighted by atomic mass is 9.62. The van der Waals surface area contributed by atoms with Crippen molar-refractivity contribution in [1.82, 2.24) is 5.32 Å². The Morgan fingerprint density at radius 2 is 1.81 bits per heavy atom. The molecule has 2 fully saturated rings. The van der Waals surface area contributed by atoms with Gasteiger partial charge in [0.15, 0.2) is 17.5 Å². The highest BCUT2D eigenvalue weighted by molar-refractivity contribution is 5.84. The summed E-state index contributed by atoms with van der Waals surface area (Å²) < 4.78 is 20.3. The zero-order valence-corrected chi connectivity index (χ0v) is 40.1. The van der Waals surface area contributed by atoms with E-state index in [-0.39, 0.29) is 46.9 Å². The number of nitrogens with zero attached hydrogens (tertiary/aromatic N) is 1. The second kappa shape index (κ2) is 18.9. The van der Waals surface area contributed by atoms with Gasteiger partial charge in [-0.15, -0.1) is 5.92 Å². The van der Waals surface area contributed by atoms with Crippen LogP contribution in [0, 0.1) is 58.7 Å². The minimum Gasteiger partial charge on any atom is -0.508 e. The van der Waals surface area contributed by atoms with Crippen LogP contribution in [0.2, 0.25) is 0 Å². The number of nitrogens with two attached hydrogens (primary N) is 1. The van der Waals surface area contributed by atoms with Crippen LogP contribution in [0.5, 0.6) is 28.7 Å². The van der Waals surface area contributed by atoms with Crippen LogP contribution in [0.1, 0.15) is 138 Å². The van der Waals surface area contributed by atoms with E-state index in [1.54, 1.807) is 13.2 Å². The summed E-state index contributed by atoms with van der Waals surface area (Å²) in [6.07, 6.45) is 15.4. The third-order valence-corrected chi connectivity index (χ3v) is 17.2. The van der Waals surface area contributed by atoms with Crippen LogP contribution in [0.4, 0.5) is 0 Å². The normalized spacial score (nSPS) is 33.4. The van der Waals surface area contributed by atoms with E-state index < -0.39 is 18.3 Å². The number of aliphatic hydroxyl groups excluding tert-OH is 2. The number of fused-ring (bicyclic) bond motifs is 2. The first-order chi connectivity index (χ1) is 32.4. The minimum absolute atomic E-state index is 0.0259. The highest BCUT2D eigenvalue weighted by Crippen LogP contribution is 2.58. The Labute approximate surface area is 397 Å². The number of phenols is 2. The lowest BCUT2D eigenvalue weighted by Gasteiger charge is -2.46. The van der Waals surface area contributed by atoms with Crippen molar-refractivity contribution >= 4 is 5.96 Å². The van der Waals surface area contributed by atoms with Crippen LogP contribution in [-0.2, 0) is 19.3 Å². The number of guanidine groups is 1. The van der Waals surface area contributed by atoms with Crippen molar-refractivity contribution in [3.63, 3.8) is 0 Å². The van der Waals surface area contributed by atoms with Crippen molar-refractivity contribution in [2.24, 2.45) is 57.6 Å². The Bertz CT molecular complexity index is 2450. The molecule has 4 aliphatic carbocycles. The molecule has 10 aliphatic heterocycles. The molecular formula is C57H73N3O7. The molecule has 0 radical (unpaired) electrons. The van der Waals surface area contributed by atoms with Crippen LogP contribution in [0.15, 0.2) is 53.5 Å². The summed E-state index contributed by atoms with van der Waals surface area (Å²) in [7, 11) is 1.72. The number of benzene rings is 3. The molecule has 17 rings (SSSR count). The fourth-order valence-electron chi connectivity index (χ4n) is 14.0. The van der Waals surface area contributed by atoms with Crippen LogP contribution in [0.3, 0.4) is 0 Å². The first-order valence-corrected chi connectivity index (χ1v) is 25.7. The molecule has 3 aromatic carbocycles. The molecule has 13 bridgehead atoms. The van der Waals surface area contributed by atoms with Gasteiger partial charge in [-0.25, -0.2) is 0 Å². The molecule has 12 atom stereocenters. The molecule has 10 heteroatoms. The van der Waals surface area contributed by atoms with E-state index >= 15 is 0 Å². The van der Waals surface area contributed by atoms with Crippen molar-refractivity contribution in [2.45, 2.75) is 147 Å². The summed E-state index contributed by atoms with van der Waals surface area (Å²) in [5, 5.41) is 50.5. The number of methoxy groups -OCH3 is 1. The first-order valence-electron chi connectivity index (χ1n) is 25.7. The molecular weight excluding hydrogens is 839 g/mol. The number of aromatic hydroxyl groups is 2. The van der Waals surface area contributed by atoms with Gasteiger partial charge in [-0.1, -0.05) is 51.3 Å². The molecule has 14 aliphatic rings. The van der Waals surface area contributed by atoms with Crippen molar-refractivity contribution in [2.75, 3.05) is 20.2 Å². The van der Waals surface area contributed by atoms with Gasteiger partial charge >= 0.3 is 0 Å².